The molecule has 26 heavy (non-hydrogen) atoms. The Bertz CT molecular complexity index is 679. The van der Waals surface area contributed by atoms with Crippen LogP contribution in [-0.2, 0) is 9.53 Å². The lowest BCUT2D eigenvalue weighted by molar-refractivity contribution is -0.274. The Balaban J connectivity index is 2.20. The molecule has 10 heteroatoms. The Hall–Kier alpha value is -2.36. The molecule has 1 aromatic rings. The van der Waals surface area contributed by atoms with Gasteiger partial charge in [0.25, 0.3) is 0 Å². The van der Waals surface area contributed by atoms with Crippen LogP contribution >= 0.6 is 11.8 Å². The van der Waals surface area contributed by atoms with Gasteiger partial charge in [0.15, 0.2) is 0 Å². The first kappa shape index (κ1) is 20.0. The monoisotopic (exact) mass is 390 g/mol. The first-order valence-electron chi connectivity index (χ1n) is 7.49. The lowest BCUT2D eigenvalue weighted by Crippen LogP contribution is -2.51. The SMILES string of the molecule is C=C1NC(=O)N[C@H](c2ccc(OC(F)(F)F)cc2)[C@H]1C(=O)OCCSC. The maximum atomic E-state index is 12.4. The summed E-state index contributed by atoms with van der Waals surface area (Å²) in [5, 5.41) is 4.99. The van der Waals surface area contributed by atoms with Gasteiger partial charge in [0, 0.05) is 11.4 Å². The van der Waals surface area contributed by atoms with Crippen LogP contribution in [0.5, 0.6) is 5.75 Å². The highest BCUT2D eigenvalue weighted by molar-refractivity contribution is 7.98. The van der Waals surface area contributed by atoms with Crippen molar-refractivity contribution in [2.24, 2.45) is 5.92 Å². The number of halogens is 3. The van der Waals surface area contributed by atoms with Crippen molar-refractivity contribution in [2.75, 3.05) is 18.6 Å². The number of alkyl halides is 3. The van der Waals surface area contributed by atoms with Crippen LogP contribution in [0.4, 0.5) is 18.0 Å². The molecule has 0 spiro atoms. The average Bonchev–Trinajstić information content (AvgIpc) is 2.53. The smallest absolute Gasteiger partial charge is 0.464 e. The van der Waals surface area contributed by atoms with Crippen LogP contribution < -0.4 is 15.4 Å². The normalized spacial score (nSPS) is 20.2. The van der Waals surface area contributed by atoms with E-state index in [1.54, 1.807) is 0 Å². The second-order valence-corrected chi connectivity index (χ2v) is 6.34. The summed E-state index contributed by atoms with van der Waals surface area (Å²) >= 11 is 1.50. The van der Waals surface area contributed by atoms with Gasteiger partial charge in [-0.3, -0.25) is 4.79 Å². The number of nitrogens with one attached hydrogen (secondary N) is 2. The minimum absolute atomic E-state index is 0.156. The van der Waals surface area contributed by atoms with Crippen molar-refractivity contribution in [2.45, 2.75) is 12.4 Å². The van der Waals surface area contributed by atoms with Crippen LogP contribution in [0.2, 0.25) is 0 Å². The Kier molecular flexibility index (Phi) is 6.41. The van der Waals surface area contributed by atoms with Gasteiger partial charge in [0.1, 0.15) is 18.3 Å². The molecule has 1 fully saturated rings. The van der Waals surface area contributed by atoms with Crippen molar-refractivity contribution in [3.63, 3.8) is 0 Å². The molecule has 142 valence electrons. The summed E-state index contributed by atoms with van der Waals surface area (Å²) < 4.78 is 45.8. The molecular weight excluding hydrogens is 373 g/mol. The van der Waals surface area contributed by atoms with E-state index < -0.39 is 36.1 Å². The third-order valence-corrected chi connectivity index (χ3v) is 4.10. The second-order valence-electron chi connectivity index (χ2n) is 5.36. The van der Waals surface area contributed by atoms with Gasteiger partial charge >= 0.3 is 18.4 Å². The third-order valence-electron chi connectivity index (χ3n) is 3.53. The molecule has 0 aromatic heterocycles. The van der Waals surface area contributed by atoms with E-state index in [0.29, 0.717) is 11.3 Å². The van der Waals surface area contributed by atoms with Crippen molar-refractivity contribution in [1.29, 1.82) is 0 Å². The second kappa shape index (κ2) is 8.35. The number of ether oxygens (including phenoxy) is 2. The number of esters is 1. The van der Waals surface area contributed by atoms with Crippen LogP contribution in [0.3, 0.4) is 0 Å². The first-order chi connectivity index (χ1) is 12.2. The van der Waals surface area contributed by atoms with E-state index in [4.69, 9.17) is 4.74 Å². The number of hydrogen-bond acceptors (Lipinski definition) is 5. The highest BCUT2D eigenvalue weighted by atomic mass is 32.2. The highest BCUT2D eigenvalue weighted by Gasteiger charge is 2.39. The number of thioether (sulfide) groups is 1. The molecule has 1 aromatic carbocycles. The quantitative estimate of drug-likeness (QED) is 0.577. The Morgan fingerprint density at radius 3 is 2.54 bits per heavy atom. The summed E-state index contributed by atoms with van der Waals surface area (Å²) in [6.07, 6.45) is -2.94. The summed E-state index contributed by atoms with van der Waals surface area (Å²) in [6, 6.07) is 3.51. The van der Waals surface area contributed by atoms with Crippen molar-refractivity contribution < 1.29 is 32.2 Å². The number of carbonyl (C=O) groups is 2. The van der Waals surface area contributed by atoms with Gasteiger partial charge in [-0.25, -0.2) is 4.79 Å². The maximum absolute atomic E-state index is 12.4. The van der Waals surface area contributed by atoms with Gasteiger partial charge in [0.05, 0.1) is 6.04 Å². The van der Waals surface area contributed by atoms with Gasteiger partial charge in [-0.05, 0) is 24.0 Å². The van der Waals surface area contributed by atoms with E-state index in [2.05, 4.69) is 21.9 Å². The zero-order valence-corrected chi connectivity index (χ0v) is 14.6. The van der Waals surface area contributed by atoms with Gasteiger partial charge in [-0.15, -0.1) is 13.2 Å². The number of benzene rings is 1. The van der Waals surface area contributed by atoms with Crippen LogP contribution in [0.25, 0.3) is 0 Å². The fourth-order valence-electron chi connectivity index (χ4n) is 2.43. The highest BCUT2D eigenvalue weighted by Crippen LogP contribution is 2.32. The summed E-state index contributed by atoms with van der Waals surface area (Å²) in [6.45, 7) is 3.88. The molecule has 0 unspecified atom stereocenters. The van der Waals surface area contributed by atoms with E-state index in [0.717, 1.165) is 12.1 Å². The van der Waals surface area contributed by atoms with E-state index >= 15 is 0 Å². The summed E-state index contributed by atoms with van der Waals surface area (Å²) in [7, 11) is 0. The molecule has 2 N–H and O–H groups in total. The summed E-state index contributed by atoms with van der Waals surface area (Å²) in [5.41, 5.74) is 0.575. The van der Waals surface area contributed by atoms with E-state index in [1.165, 1.54) is 23.9 Å². The molecule has 2 atom stereocenters. The Labute approximate surface area is 152 Å². The van der Waals surface area contributed by atoms with Crippen LogP contribution in [0.15, 0.2) is 36.5 Å². The standard InChI is InChI=1S/C16H17F3N2O4S/c1-9-12(14(22)24-7-8-26-2)13(21-15(23)20-9)10-3-5-11(6-4-10)25-16(17,18)19/h3-6,12-13H,1,7-8H2,2H3,(H2,20,21,23)/t12-,13+/m0/s1. The molecule has 0 bridgehead atoms. The van der Waals surface area contributed by atoms with E-state index in [9.17, 15) is 22.8 Å². The van der Waals surface area contributed by atoms with Crippen LogP contribution in [0, 0.1) is 5.92 Å². The van der Waals surface area contributed by atoms with E-state index in [1.807, 2.05) is 6.26 Å². The number of amides is 2. The lowest BCUT2D eigenvalue weighted by Gasteiger charge is -2.33. The third kappa shape index (κ3) is 5.32. The average molecular weight is 390 g/mol. The number of carbonyl (C=O) groups excluding carboxylic acids is 2. The van der Waals surface area contributed by atoms with Gasteiger partial charge in [0.2, 0.25) is 0 Å². The molecular formula is C16H17F3N2O4S. The topological polar surface area (TPSA) is 76.7 Å². The first-order valence-corrected chi connectivity index (χ1v) is 8.88. The van der Waals surface area contributed by atoms with Crippen LogP contribution in [-0.4, -0.2) is 37.0 Å². The molecule has 0 radical (unpaired) electrons. The largest absolute Gasteiger partial charge is 0.573 e. The summed E-state index contributed by atoms with van der Waals surface area (Å²) in [4.78, 5) is 24.1. The molecule has 2 amide bonds. The number of rotatable bonds is 6. The maximum Gasteiger partial charge on any atom is 0.573 e. The molecule has 1 aliphatic rings. The molecule has 1 aliphatic heterocycles. The fourth-order valence-corrected chi connectivity index (χ4v) is 2.68. The van der Waals surface area contributed by atoms with Crippen molar-refractivity contribution >= 4 is 23.8 Å². The van der Waals surface area contributed by atoms with Gasteiger partial charge in [-0.1, -0.05) is 18.7 Å². The van der Waals surface area contributed by atoms with Crippen molar-refractivity contribution in [3.8, 4) is 5.75 Å². The molecule has 2 rings (SSSR count). The van der Waals surface area contributed by atoms with Crippen molar-refractivity contribution in [1.82, 2.24) is 10.6 Å². The zero-order chi connectivity index (χ0) is 19.3. The minimum Gasteiger partial charge on any atom is -0.464 e. The Morgan fingerprint density at radius 1 is 1.31 bits per heavy atom. The van der Waals surface area contributed by atoms with Crippen molar-refractivity contribution in [3.05, 3.63) is 42.1 Å². The molecule has 0 aliphatic carbocycles. The zero-order valence-electron chi connectivity index (χ0n) is 13.8. The number of hydrogen-bond donors (Lipinski definition) is 2. The van der Waals surface area contributed by atoms with Gasteiger partial charge < -0.3 is 20.1 Å². The van der Waals surface area contributed by atoms with Gasteiger partial charge in [-0.2, -0.15) is 11.8 Å². The van der Waals surface area contributed by atoms with Crippen LogP contribution in [0.1, 0.15) is 11.6 Å². The molecule has 6 nitrogen and oxygen atoms in total. The summed E-state index contributed by atoms with van der Waals surface area (Å²) in [5.74, 6) is -1.29. The predicted octanol–water partition coefficient (Wildman–Crippen LogP) is 2.98. The molecule has 1 heterocycles. The number of urea groups is 1. The Morgan fingerprint density at radius 2 is 1.96 bits per heavy atom. The molecule has 1 saturated heterocycles. The van der Waals surface area contributed by atoms with E-state index in [-0.39, 0.29) is 12.3 Å². The molecule has 0 saturated carbocycles. The predicted molar refractivity (Wildman–Crippen MR) is 89.5 cm³/mol. The fraction of sp³-hybridized carbons (Fsp3) is 0.375. The lowest BCUT2D eigenvalue weighted by atomic mass is 9.89. The minimum atomic E-state index is -4.80.